The Labute approximate surface area is 345 Å². The molecule has 2 heterocycles. The van der Waals surface area contributed by atoms with E-state index in [-0.39, 0.29) is 41.8 Å². The zero-order valence-electron chi connectivity index (χ0n) is 36.1. The first-order chi connectivity index (χ1) is 27.0. The summed E-state index contributed by atoms with van der Waals surface area (Å²) in [5.74, 6) is -1.58. The SMILES string of the molecule is CCCCCCN(C(=O)[C@@H](NC(=O)C1=[N+](C)CCCC1)[C@@H](C)CC)[C@H](C[C@@H](OCC)c1nc(C(=O)N[C@@H](Cc2ccc(N)cc2)CC(C)(C)C(=O)O)cs1)C(C)C. The van der Waals surface area contributed by atoms with Crippen molar-refractivity contribution in [2.24, 2.45) is 17.3 Å². The third kappa shape index (κ3) is 14.2. The summed E-state index contributed by atoms with van der Waals surface area (Å²) >= 11 is 1.34. The van der Waals surface area contributed by atoms with Gasteiger partial charge in [-0.3, -0.25) is 19.2 Å². The van der Waals surface area contributed by atoms with Gasteiger partial charge in [0.05, 0.1) is 5.41 Å². The average molecular weight is 812 g/mol. The van der Waals surface area contributed by atoms with Gasteiger partial charge in [0.2, 0.25) is 11.6 Å². The van der Waals surface area contributed by atoms with Crippen molar-refractivity contribution in [1.29, 1.82) is 0 Å². The van der Waals surface area contributed by atoms with Crippen molar-refractivity contribution < 1.29 is 33.6 Å². The van der Waals surface area contributed by atoms with Crippen molar-refractivity contribution in [3.63, 3.8) is 0 Å². The molecule has 12 nitrogen and oxygen atoms in total. The molecule has 0 saturated carbocycles. The number of thiazole rings is 1. The number of amides is 3. The number of aromatic nitrogens is 1. The van der Waals surface area contributed by atoms with Crippen molar-refractivity contribution in [1.82, 2.24) is 20.5 Å². The summed E-state index contributed by atoms with van der Waals surface area (Å²) in [4.78, 5) is 61.2. The van der Waals surface area contributed by atoms with E-state index in [1.807, 2.05) is 42.5 Å². The second kappa shape index (κ2) is 22.9. The molecular weight excluding hydrogens is 741 g/mol. The summed E-state index contributed by atoms with van der Waals surface area (Å²) in [7, 11) is 1.95. The number of hydrogen-bond donors (Lipinski definition) is 4. The van der Waals surface area contributed by atoms with Crippen LogP contribution in [0.15, 0.2) is 29.6 Å². The summed E-state index contributed by atoms with van der Waals surface area (Å²) < 4.78 is 8.36. The standard InChI is InChI=1S/C44H70N6O6S/c1-10-13-14-16-24-50(42(53)38(30(6)11-2)48-40(52)35-18-15-17-23-49(35)9)36(29(4)5)26-37(56-12-3)41-47-34(28-57-41)39(51)46-33(27-44(7,8)43(54)55)25-31-19-21-32(45)22-20-31/h19-22,28-30,33,36-38H,10-18,23-27,45H2,1-9H3,(H2-,46,48,51,52,54,55)/p+1/t30-,33-,36+,37+,38-/m0/s1. The third-order valence-corrected chi connectivity index (χ3v) is 12.3. The fourth-order valence-corrected chi connectivity index (χ4v) is 8.38. The number of aliphatic carboxylic acids is 1. The van der Waals surface area contributed by atoms with Crippen LogP contribution in [0.3, 0.4) is 0 Å². The second-order valence-corrected chi connectivity index (χ2v) is 17.7. The molecule has 1 aromatic heterocycles. The van der Waals surface area contributed by atoms with Crippen molar-refractivity contribution in [3.8, 4) is 0 Å². The number of unbranched alkanes of at least 4 members (excludes halogenated alkanes) is 3. The number of carbonyl (C=O) groups is 4. The number of benzene rings is 1. The number of nitrogens with one attached hydrogen (secondary N) is 2. The van der Waals surface area contributed by atoms with E-state index in [4.69, 9.17) is 15.5 Å². The summed E-state index contributed by atoms with van der Waals surface area (Å²) in [6.45, 7) is 17.5. The van der Waals surface area contributed by atoms with Gasteiger partial charge in [-0.25, -0.2) is 9.56 Å². The average Bonchev–Trinajstić information content (AvgIpc) is 3.67. The van der Waals surface area contributed by atoms with Crippen molar-refractivity contribution in [2.75, 3.05) is 32.5 Å². The van der Waals surface area contributed by atoms with Crippen LogP contribution < -0.4 is 16.4 Å². The normalized spacial score (nSPS) is 16.1. The fourth-order valence-electron chi connectivity index (χ4n) is 7.52. The van der Waals surface area contributed by atoms with Gasteiger partial charge in [0.15, 0.2) is 0 Å². The van der Waals surface area contributed by atoms with Crippen LogP contribution in [0.1, 0.15) is 147 Å². The molecule has 1 aromatic carbocycles. The topological polar surface area (TPSA) is 167 Å². The minimum absolute atomic E-state index is 0.0598. The molecule has 0 bridgehead atoms. The number of anilines is 1. The molecule has 0 unspecified atom stereocenters. The van der Waals surface area contributed by atoms with E-state index in [1.165, 1.54) is 11.3 Å². The molecule has 2 aromatic rings. The van der Waals surface area contributed by atoms with Crippen LogP contribution in [0.2, 0.25) is 0 Å². The first-order valence-corrected chi connectivity index (χ1v) is 22.0. The van der Waals surface area contributed by atoms with E-state index < -0.39 is 35.5 Å². The fraction of sp³-hybridized carbons (Fsp3) is 0.682. The molecule has 5 N–H and O–H groups in total. The van der Waals surface area contributed by atoms with Crippen LogP contribution in [-0.4, -0.2) is 93.8 Å². The summed E-state index contributed by atoms with van der Waals surface area (Å²) in [5, 5.41) is 18.5. The van der Waals surface area contributed by atoms with Crippen molar-refractivity contribution in [3.05, 3.63) is 45.9 Å². The summed E-state index contributed by atoms with van der Waals surface area (Å²) in [6, 6.07) is 5.96. The molecule has 13 heteroatoms. The first-order valence-electron chi connectivity index (χ1n) is 21.2. The van der Waals surface area contributed by atoms with Crippen molar-refractivity contribution in [2.45, 2.75) is 150 Å². The van der Waals surface area contributed by atoms with Crippen molar-refractivity contribution >= 4 is 46.4 Å². The maximum Gasteiger partial charge on any atom is 0.311 e. The molecule has 0 radical (unpaired) electrons. The highest BCUT2D eigenvalue weighted by atomic mass is 32.1. The number of rotatable bonds is 24. The quantitative estimate of drug-likeness (QED) is 0.0488. The largest absolute Gasteiger partial charge is 0.481 e. The Bertz CT molecular complexity index is 1640. The number of nitrogen functional groups attached to an aromatic ring is 1. The van der Waals surface area contributed by atoms with Crippen LogP contribution in [0.4, 0.5) is 5.69 Å². The smallest absolute Gasteiger partial charge is 0.311 e. The van der Waals surface area contributed by atoms with E-state index in [0.717, 1.165) is 62.8 Å². The van der Waals surface area contributed by atoms with Crippen LogP contribution in [-0.2, 0) is 25.5 Å². The number of nitrogens with zero attached hydrogens (tertiary/aromatic N) is 3. The van der Waals surface area contributed by atoms with Gasteiger partial charge in [0.1, 0.15) is 36.4 Å². The molecule has 3 amide bonds. The van der Waals surface area contributed by atoms with Gasteiger partial charge in [-0.2, -0.15) is 0 Å². The van der Waals surface area contributed by atoms with E-state index in [1.54, 1.807) is 31.4 Å². The molecule has 57 heavy (non-hydrogen) atoms. The molecule has 3 rings (SSSR count). The van der Waals surface area contributed by atoms with E-state index >= 15 is 0 Å². The van der Waals surface area contributed by atoms with E-state index in [0.29, 0.717) is 43.1 Å². The number of carbonyl (C=O) groups excluding carboxylic acids is 3. The highest BCUT2D eigenvalue weighted by Gasteiger charge is 2.38. The highest BCUT2D eigenvalue weighted by molar-refractivity contribution is 7.09. The van der Waals surface area contributed by atoms with Crippen LogP contribution in [0, 0.1) is 17.3 Å². The Kier molecular flexibility index (Phi) is 19.1. The monoisotopic (exact) mass is 812 g/mol. The highest BCUT2D eigenvalue weighted by Crippen LogP contribution is 2.32. The van der Waals surface area contributed by atoms with Gasteiger partial charge < -0.3 is 31.1 Å². The van der Waals surface area contributed by atoms with Gasteiger partial charge in [0, 0.05) is 55.6 Å². The van der Waals surface area contributed by atoms with Gasteiger partial charge in [-0.05, 0) is 76.0 Å². The molecule has 0 spiro atoms. The maximum absolute atomic E-state index is 14.9. The number of hydrogen-bond acceptors (Lipinski definition) is 8. The minimum atomic E-state index is -1.08. The Morgan fingerprint density at radius 2 is 1.72 bits per heavy atom. The Morgan fingerprint density at radius 3 is 2.32 bits per heavy atom. The zero-order valence-corrected chi connectivity index (χ0v) is 36.9. The molecule has 1 aliphatic rings. The molecule has 1 aliphatic heterocycles. The van der Waals surface area contributed by atoms with Gasteiger partial charge in [0.25, 0.3) is 5.91 Å². The van der Waals surface area contributed by atoms with E-state index in [9.17, 15) is 24.3 Å². The van der Waals surface area contributed by atoms with E-state index in [2.05, 4.69) is 38.3 Å². The Balaban J connectivity index is 1.92. The van der Waals surface area contributed by atoms with Gasteiger partial charge in [-0.15, -0.1) is 11.3 Å². The number of carboxylic acid groups (broad SMARTS) is 1. The predicted molar refractivity (Wildman–Crippen MR) is 229 cm³/mol. The van der Waals surface area contributed by atoms with Crippen LogP contribution >= 0.6 is 11.3 Å². The summed E-state index contributed by atoms with van der Waals surface area (Å²) in [6.07, 6.45) is 8.05. The lowest BCUT2D eigenvalue weighted by Gasteiger charge is -2.39. The lowest BCUT2D eigenvalue weighted by Crippen LogP contribution is -2.57. The Hall–Kier alpha value is -3.84. The maximum atomic E-state index is 14.9. The lowest BCUT2D eigenvalue weighted by molar-refractivity contribution is -0.501. The van der Waals surface area contributed by atoms with Gasteiger partial charge >= 0.3 is 11.9 Å². The van der Waals surface area contributed by atoms with Crippen LogP contribution in [0.25, 0.3) is 0 Å². The third-order valence-electron chi connectivity index (χ3n) is 11.3. The molecule has 0 fully saturated rings. The number of carboxylic acids is 1. The second-order valence-electron chi connectivity index (χ2n) is 16.8. The first kappa shape index (κ1) is 47.5. The molecule has 0 saturated heterocycles. The number of ether oxygens (including phenoxy) is 1. The molecule has 5 atom stereocenters. The Morgan fingerprint density at radius 1 is 1.02 bits per heavy atom. The minimum Gasteiger partial charge on any atom is -0.481 e. The molecule has 318 valence electrons. The lowest BCUT2D eigenvalue weighted by atomic mass is 9.84. The van der Waals surface area contributed by atoms with Gasteiger partial charge in [-0.1, -0.05) is 72.4 Å². The number of nitrogens with two attached hydrogens (primary N) is 1. The molecular formula is C44H71N6O6S+. The predicted octanol–water partition coefficient (Wildman–Crippen LogP) is 7.27. The summed E-state index contributed by atoms with van der Waals surface area (Å²) in [5.41, 5.74) is 7.33. The zero-order chi connectivity index (χ0) is 42.3. The van der Waals surface area contributed by atoms with Crippen LogP contribution in [0.5, 0.6) is 0 Å². The molecule has 0 aliphatic carbocycles.